The average molecular weight is 377 g/mol. The summed E-state index contributed by atoms with van der Waals surface area (Å²) in [7, 11) is 0. The minimum absolute atomic E-state index is 0.100. The standard InChI is InChI=1S/C24H40O3/c1-21(2)15-11-8-6-4-3-5-7-9-14-18-23(19-24(25)26)27-20-22-16-12-10-13-17-22/h10,12-13,16-17,21,23H,3-9,11,14-15,18-20H2,1-2H3,(H,25,26). The van der Waals surface area contributed by atoms with Crippen LogP contribution in [0, 0.1) is 5.92 Å². The molecule has 1 atom stereocenters. The van der Waals surface area contributed by atoms with E-state index in [9.17, 15) is 4.79 Å². The number of carbonyl (C=O) groups is 1. The first-order valence-electron chi connectivity index (χ1n) is 10.9. The topological polar surface area (TPSA) is 46.5 Å². The van der Waals surface area contributed by atoms with Crippen LogP contribution in [0.25, 0.3) is 0 Å². The van der Waals surface area contributed by atoms with Crippen LogP contribution < -0.4 is 0 Å². The summed E-state index contributed by atoms with van der Waals surface area (Å²) in [5.74, 6) is 0.0668. The van der Waals surface area contributed by atoms with Gasteiger partial charge in [-0.2, -0.15) is 0 Å². The van der Waals surface area contributed by atoms with Gasteiger partial charge in [-0.15, -0.1) is 0 Å². The van der Waals surface area contributed by atoms with E-state index < -0.39 is 5.97 Å². The van der Waals surface area contributed by atoms with Gasteiger partial charge in [-0.25, -0.2) is 0 Å². The second-order valence-corrected chi connectivity index (χ2v) is 8.17. The minimum atomic E-state index is -0.773. The van der Waals surface area contributed by atoms with Crippen molar-refractivity contribution in [2.75, 3.05) is 0 Å². The number of hydrogen-bond donors (Lipinski definition) is 1. The predicted molar refractivity (Wildman–Crippen MR) is 113 cm³/mol. The zero-order valence-corrected chi connectivity index (χ0v) is 17.5. The summed E-state index contributed by atoms with van der Waals surface area (Å²) >= 11 is 0. The molecular formula is C24H40O3. The van der Waals surface area contributed by atoms with Gasteiger partial charge in [0.05, 0.1) is 19.1 Å². The third-order valence-corrected chi connectivity index (χ3v) is 5.04. The van der Waals surface area contributed by atoms with Crippen molar-refractivity contribution in [2.24, 2.45) is 5.92 Å². The van der Waals surface area contributed by atoms with E-state index >= 15 is 0 Å². The van der Waals surface area contributed by atoms with Gasteiger partial charge in [-0.05, 0) is 17.9 Å². The van der Waals surface area contributed by atoms with Crippen LogP contribution in [0.5, 0.6) is 0 Å². The Balaban J connectivity index is 2.04. The Labute approximate surface area is 166 Å². The highest BCUT2D eigenvalue weighted by Gasteiger charge is 2.13. The molecule has 1 N–H and O–H groups in total. The van der Waals surface area contributed by atoms with Crippen molar-refractivity contribution in [1.82, 2.24) is 0 Å². The molecule has 0 aliphatic heterocycles. The lowest BCUT2D eigenvalue weighted by atomic mass is 10.0. The van der Waals surface area contributed by atoms with Crippen LogP contribution in [0.1, 0.15) is 96.5 Å². The first-order valence-corrected chi connectivity index (χ1v) is 10.9. The molecule has 0 radical (unpaired) electrons. The van der Waals surface area contributed by atoms with E-state index in [1.165, 1.54) is 57.8 Å². The lowest BCUT2D eigenvalue weighted by Gasteiger charge is -2.16. The van der Waals surface area contributed by atoms with E-state index in [4.69, 9.17) is 9.84 Å². The molecule has 0 heterocycles. The predicted octanol–water partition coefficient (Wildman–Crippen LogP) is 6.99. The molecule has 0 amide bonds. The first-order chi connectivity index (χ1) is 13.1. The Morgan fingerprint density at radius 2 is 1.37 bits per heavy atom. The summed E-state index contributed by atoms with van der Waals surface area (Å²) < 4.78 is 5.86. The summed E-state index contributed by atoms with van der Waals surface area (Å²) in [6.45, 7) is 5.09. The second-order valence-electron chi connectivity index (χ2n) is 8.17. The number of unbranched alkanes of at least 4 members (excludes halogenated alkanes) is 8. The van der Waals surface area contributed by atoms with Crippen molar-refractivity contribution in [2.45, 2.75) is 104 Å². The second kappa shape index (κ2) is 15.7. The Hall–Kier alpha value is -1.35. The maximum Gasteiger partial charge on any atom is 0.305 e. The molecule has 1 rings (SSSR count). The van der Waals surface area contributed by atoms with Gasteiger partial charge in [0.1, 0.15) is 0 Å². The Bertz CT molecular complexity index is 470. The Kier molecular flexibility index (Phi) is 13.8. The molecule has 3 heteroatoms. The van der Waals surface area contributed by atoms with Crippen molar-refractivity contribution in [1.29, 1.82) is 0 Å². The largest absolute Gasteiger partial charge is 0.481 e. The quantitative estimate of drug-likeness (QED) is 0.298. The van der Waals surface area contributed by atoms with Crippen LogP contribution >= 0.6 is 0 Å². The lowest BCUT2D eigenvalue weighted by molar-refractivity contribution is -0.140. The van der Waals surface area contributed by atoms with Crippen molar-refractivity contribution in [3.63, 3.8) is 0 Å². The number of carboxylic acids is 1. The van der Waals surface area contributed by atoms with Crippen LogP contribution in [0.4, 0.5) is 0 Å². The summed E-state index contributed by atoms with van der Waals surface area (Å²) in [5, 5.41) is 9.09. The van der Waals surface area contributed by atoms with Gasteiger partial charge in [0, 0.05) is 0 Å². The summed E-state index contributed by atoms with van der Waals surface area (Å²) in [6.07, 6.45) is 13.8. The molecule has 0 aliphatic carbocycles. The van der Waals surface area contributed by atoms with E-state index in [2.05, 4.69) is 13.8 Å². The molecule has 0 spiro atoms. The van der Waals surface area contributed by atoms with Gasteiger partial charge in [0.25, 0.3) is 0 Å². The fourth-order valence-electron chi connectivity index (χ4n) is 3.39. The fraction of sp³-hybridized carbons (Fsp3) is 0.708. The van der Waals surface area contributed by atoms with E-state index in [1.54, 1.807) is 0 Å². The molecular weight excluding hydrogens is 336 g/mol. The molecule has 1 aromatic carbocycles. The molecule has 0 bridgehead atoms. The number of ether oxygens (including phenoxy) is 1. The maximum absolute atomic E-state index is 11.1. The number of benzene rings is 1. The number of hydrogen-bond acceptors (Lipinski definition) is 2. The number of rotatable bonds is 17. The van der Waals surface area contributed by atoms with Crippen molar-refractivity contribution >= 4 is 5.97 Å². The van der Waals surface area contributed by atoms with Gasteiger partial charge in [0.15, 0.2) is 0 Å². The van der Waals surface area contributed by atoms with Crippen molar-refractivity contribution in [3.8, 4) is 0 Å². The fourth-order valence-corrected chi connectivity index (χ4v) is 3.39. The molecule has 154 valence electrons. The summed E-state index contributed by atoms with van der Waals surface area (Å²) in [4.78, 5) is 11.1. The highest BCUT2D eigenvalue weighted by molar-refractivity contribution is 5.67. The molecule has 0 aliphatic rings. The van der Waals surface area contributed by atoms with E-state index in [1.807, 2.05) is 30.3 Å². The molecule has 0 aromatic heterocycles. The normalized spacial score (nSPS) is 12.4. The molecule has 0 fully saturated rings. The Morgan fingerprint density at radius 3 is 1.89 bits per heavy atom. The SMILES string of the molecule is CC(C)CCCCCCCCCCCC(CC(=O)O)OCc1ccccc1. The van der Waals surface area contributed by atoms with Gasteiger partial charge in [0.2, 0.25) is 0 Å². The molecule has 0 saturated carbocycles. The van der Waals surface area contributed by atoms with Gasteiger partial charge in [-0.3, -0.25) is 4.79 Å². The lowest BCUT2D eigenvalue weighted by Crippen LogP contribution is -2.17. The van der Waals surface area contributed by atoms with Gasteiger partial charge in [-0.1, -0.05) is 108 Å². The highest BCUT2D eigenvalue weighted by Crippen LogP contribution is 2.16. The third kappa shape index (κ3) is 14.4. The van der Waals surface area contributed by atoms with Gasteiger partial charge < -0.3 is 9.84 Å². The highest BCUT2D eigenvalue weighted by atomic mass is 16.5. The van der Waals surface area contributed by atoms with Gasteiger partial charge >= 0.3 is 5.97 Å². The maximum atomic E-state index is 11.1. The zero-order valence-electron chi connectivity index (χ0n) is 17.5. The van der Waals surface area contributed by atoms with Crippen molar-refractivity contribution < 1.29 is 14.6 Å². The summed E-state index contributed by atoms with van der Waals surface area (Å²) in [6, 6.07) is 9.97. The Morgan fingerprint density at radius 1 is 0.852 bits per heavy atom. The third-order valence-electron chi connectivity index (χ3n) is 5.04. The van der Waals surface area contributed by atoms with E-state index in [0.29, 0.717) is 6.61 Å². The molecule has 3 nitrogen and oxygen atoms in total. The molecule has 1 unspecified atom stereocenters. The monoisotopic (exact) mass is 376 g/mol. The summed E-state index contributed by atoms with van der Waals surface area (Å²) in [5.41, 5.74) is 1.10. The first kappa shape index (κ1) is 23.7. The minimum Gasteiger partial charge on any atom is -0.481 e. The van der Waals surface area contributed by atoms with Crippen LogP contribution in [0.3, 0.4) is 0 Å². The molecule has 1 aromatic rings. The van der Waals surface area contributed by atoms with Crippen molar-refractivity contribution in [3.05, 3.63) is 35.9 Å². The van der Waals surface area contributed by atoms with E-state index in [-0.39, 0.29) is 12.5 Å². The number of aliphatic carboxylic acids is 1. The smallest absolute Gasteiger partial charge is 0.305 e. The van der Waals surface area contributed by atoms with Crippen LogP contribution in [-0.4, -0.2) is 17.2 Å². The van der Waals surface area contributed by atoms with Crippen LogP contribution in [0.15, 0.2) is 30.3 Å². The van der Waals surface area contributed by atoms with E-state index in [0.717, 1.165) is 24.3 Å². The average Bonchev–Trinajstić information content (AvgIpc) is 2.64. The van der Waals surface area contributed by atoms with Crippen LogP contribution in [0.2, 0.25) is 0 Å². The number of carboxylic acid groups (broad SMARTS) is 1. The zero-order chi connectivity index (χ0) is 19.7. The molecule has 0 saturated heterocycles. The molecule has 27 heavy (non-hydrogen) atoms. The van der Waals surface area contributed by atoms with Crippen LogP contribution in [-0.2, 0) is 16.1 Å².